The zero-order chi connectivity index (χ0) is 22.5. The molecular formula is C25H30N4O3. The normalized spacial score (nSPS) is 19.3. The van der Waals surface area contributed by atoms with Gasteiger partial charge >= 0.3 is 0 Å². The Bertz CT molecular complexity index is 970. The number of nitrogens with one attached hydrogen (secondary N) is 1. The molecule has 0 saturated carbocycles. The van der Waals surface area contributed by atoms with Gasteiger partial charge < -0.3 is 15.1 Å². The number of anilines is 2. The van der Waals surface area contributed by atoms with Crippen molar-refractivity contribution in [3.8, 4) is 0 Å². The molecule has 0 bridgehead atoms. The van der Waals surface area contributed by atoms with Gasteiger partial charge in [-0.25, -0.2) is 0 Å². The molecule has 2 saturated heterocycles. The van der Waals surface area contributed by atoms with Crippen LogP contribution in [0.1, 0.15) is 18.9 Å². The van der Waals surface area contributed by atoms with Crippen molar-refractivity contribution in [1.82, 2.24) is 9.80 Å². The van der Waals surface area contributed by atoms with Crippen LogP contribution in [0.2, 0.25) is 0 Å². The highest BCUT2D eigenvalue weighted by atomic mass is 16.2. The second kappa shape index (κ2) is 9.96. The maximum Gasteiger partial charge on any atom is 0.238 e. The predicted octanol–water partition coefficient (Wildman–Crippen LogP) is 2.38. The lowest BCUT2D eigenvalue weighted by Crippen LogP contribution is -2.52. The van der Waals surface area contributed by atoms with Crippen molar-refractivity contribution in [2.24, 2.45) is 5.92 Å². The zero-order valence-electron chi connectivity index (χ0n) is 18.5. The number of nitrogens with zero attached hydrogens (tertiary/aromatic N) is 3. The number of piperazine rings is 1. The van der Waals surface area contributed by atoms with Crippen molar-refractivity contribution < 1.29 is 14.4 Å². The SMILES string of the molecule is CCc1cccc(N2C[C@H](C(=O)N3CCN(CC(=O)Nc4ccccc4)CC3)CC2=O)c1. The number of carbonyl (C=O) groups is 3. The van der Waals surface area contributed by atoms with Gasteiger partial charge in [0, 0.05) is 50.5 Å². The minimum Gasteiger partial charge on any atom is -0.340 e. The minimum absolute atomic E-state index is 0.00724. The van der Waals surface area contributed by atoms with Gasteiger partial charge in [0.1, 0.15) is 0 Å². The Kier molecular flexibility index (Phi) is 6.85. The van der Waals surface area contributed by atoms with Crippen LogP contribution in [0, 0.1) is 5.92 Å². The summed E-state index contributed by atoms with van der Waals surface area (Å²) in [6.07, 6.45) is 1.17. The van der Waals surface area contributed by atoms with Gasteiger partial charge in [-0.3, -0.25) is 19.3 Å². The monoisotopic (exact) mass is 434 g/mol. The summed E-state index contributed by atoms with van der Waals surface area (Å²) in [6, 6.07) is 17.4. The van der Waals surface area contributed by atoms with E-state index >= 15 is 0 Å². The van der Waals surface area contributed by atoms with Crippen molar-refractivity contribution in [3.05, 3.63) is 60.2 Å². The summed E-state index contributed by atoms with van der Waals surface area (Å²) in [6.45, 7) is 5.28. The van der Waals surface area contributed by atoms with Gasteiger partial charge in [0.25, 0.3) is 0 Å². The fraction of sp³-hybridized carbons (Fsp3) is 0.400. The summed E-state index contributed by atoms with van der Waals surface area (Å²) in [5.41, 5.74) is 2.84. The van der Waals surface area contributed by atoms with E-state index in [4.69, 9.17) is 0 Å². The Hall–Kier alpha value is -3.19. The van der Waals surface area contributed by atoms with E-state index in [-0.39, 0.29) is 30.1 Å². The number of amides is 3. The number of benzene rings is 2. The van der Waals surface area contributed by atoms with Crippen LogP contribution < -0.4 is 10.2 Å². The Balaban J connectivity index is 1.27. The number of rotatable bonds is 6. The number of hydrogen-bond donors (Lipinski definition) is 1. The predicted molar refractivity (Wildman–Crippen MR) is 124 cm³/mol. The summed E-state index contributed by atoms with van der Waals surface area (Å²) in [5, 5.41) is 2.90. The lowest BCUT2D eigenvalue weighted by molar-refractivity contribution is -0.137. The molecule has 2 aromatic carbocycles. The van der Waals surface area contributed by atoms with Crippen LogP contribution in [0.5, 0.6) is 0 Å². The van der Waals surface area contributed by atoms with Crippen LogP contribution >= 0.6 is 0 Å². The highest BCUT2D eigenvalue weighted by Gasteiger charge is 2.38. The van der Waals surface area contributed by atoms with Crippen molar-refractivity contribution in [1.29, 1.82) is 0 Å². The Morgan fingerprint density at radius 1 is 1.00 bits per heavy atom. The Morgan fingerprint density at radius 3 is 2.47 bits per heavy atom. The van der Waals surface area contributed by atoms with E-state index in [1.165, 1.54) is 5.56 Å². The third-order valence-corrected chi connectivity index (χ3v) is 6.21. The van der Waals surface area contributed by atoms with Gasteiger partial charge in [0.15, 0.2) is 0 Å². The molecule has 1 N–H and O–H groups in total. The molecule has 2 aliphatic heterocycles. The highest BCUT2D eigenvalue weighted by Crippen LogP contribution is 2.27. The molecular weight excluding hydrogens is 404 g/mol. The number of carbonyl (C=O) groups excluding carboxylic acids is 3. The van der Waals surface area contributed by atoms with Crippen molar-refractivity contribution >= 4 is 29.1 Å². The first-order valence-corrected chi connectivity index (χ1v) is 11.3. The standard InChI is InChI=1S/C25H30N4O3/c1-2-19-7-6-10-22(15-19)29-17-20(16-24(29)31)25(32)28-13-11-27(12-14-28)18-23(30)26-21-8-4-3-5-9-21/h3-10,15,20H,2,11-14,16-18H2,1H3,(H,26,30)/t20-/m1/s1. The smallest absolute Gasteiger partial charge is 0.238 e. The van der Waals surface area contributed by atoms with Crippen LogP contribution in [-0.2, 0) is 20.8 Å². The Morgan fingerprint density at radius 2 is 1.75 bits per heavy atom. The molecule has 0 aliphatic carbocycles. The van der Waals surface area contributed by atoms with Gasteiger partial charge in [-0.05, 0) is 36.2 Å². The third-order valence-electron chi connectivity index (χ3n) is 6.21. The fourth-order valence-corrected chi connectivity index (χ4v) is 4.38. The highest BCUT2D eigenvalue weighted by molar-refractivity contribution is 6.00. The van der Waals surface area contributed by atoms with Crippen LogP contribution in [0.4, 0.5) is 11.4 Å². The van der Waals surface area contributed by atoms with Crippen molar-refractivity contribution in [3.63, 3.8) is 0 Å². The first-order valence-electron chi connectivity index (χ1n) is 11.3. The number of para-hydroxylation sites is 1. The van der Waals surface area contributed by atoms with E-state index in [0.29, 0.717) is 39.3 Å². The van der Waals surface area contributed by atoms with Gasteiger partial charge in [0.05, 0.1) is 12.5 Å². The second-order valence-corrected chi connectivity index (χ2v) is 8.44. The molecule has 3 amide bonds. The summed E-state index contributed by atoms with van der Waals surface area (Å²) in [5.74, 6) is -0.309. The minimum atomic E-state index is -0.305. The van der Waals surface area contributed by atoms with Gasteiger partial charge in [-0.2, -0.15) is 0 Å². The molecule has 2 fully saturated rings. The zero-order valence-corrected chi connectivity index (χ0v) is 18.5. The molecule has 0 unspecified atom stereocenters. The molecule has 7 nitrogen and oxygen atoms in total. The molecule has 0 radical (unpaired) electrons. The molecule has 4 rings (SSSR count). The van der Waals surface area contributed by atoms with Gasteiger partial charge in [-0.1, -0.05) is 37.3 Å². The molecule has 2 heterocycles. The Labute approximate surface area is 189 Å². The maximum atomic E-state index is 13.1. The quantitative estimate of drug-likeness (QED) is 0.758. The number of aryl methyl sites for hydroxylation is 1. The summed E-state index contributed by atoms with van der Waals surface area (Å²) >= 11 is 0. The van der Waals surface area contributed by atoms with Crippen LogP contribution in [0.15, 0.2) is 54.6 Å². The molecule has 0 spiro atoms. The average molecular weight is 435 g/mol. The maximum absolute atomic E-state index is 13.1. The van der Waals surface area contributed by atoms with Gasteiger partial charge in [-0.15, -0.1) is 0 Å². The van der Waals surface area contributed by atoms with Gasteiger partial charge in [0.2, 0.25) is 17.7 Å². The molecule has 32 heavy (non-hydrogen) atoms. The lowest BCUT2D eigenvalue weighted by atomic mass is 10.1. The fourth-order valence-electron chi connectivity index (χ4n) is 4.38. The lowest BCUT2D eigenvalue weighted by Gasteiger charge is -2.35. The molecule has 168 valence electrons. The summed E-state index contributed by atoms with van der Waals surface area (Å²) < 4.78 is 0. The van der Waals surface area contributed by atoms with Crippen LogP contribution in [0.25, 0.3) is 0 Å². The number of hydrogen-bond acceptors (Lipinski definition) is 4. The first kappa shape index (κ1) is 22.0. The molecule has 1 atom stereocenters. The molecule has 2 aromatic rings. The summed E-state index contributed by atoms with van der Waals surface area (Å²) in [4.78, 5) is 43.6. The average Bonchev–Trinajstić information content (AvgIpc) is 3.21. The molecule has 0 aromatic heterocycles. The molecule has 2 aliphatic rings. The molecule has 7 heteroatoms. The third kappa shape index (κ3) is 5.16. The first-order chi connectivity index (χ1) is 15.5. The largest absolute Gasteiger partial charge is 0.340 e. The van der Waals surface area contributed by atoms with Crippen molar-refractivity contribution in [2.75, 3.05) is 49.5 Å². The van der Waals surface area contributed by atoms with Crippen LogP contribution in [0.3, 0.4) is 0 Å². The van der Waals surface area contributed by atoms with E-state index in [0.717, 1.165) is 17.8 Å². The van der Waals surface area contributed by atoms with E-state index in [1.54, 1.807) is 4.90 Å². The second-order valence-electron chi connectivity index (χ2n) is 8.44. The topological polar surface area (TPSA) is 73.0 Å². The van der Waals surface area contributed by atoms with Crippen LogP contribution in [-0.4, -0.2) is 66.8 Å². The van der Waals surface area contributed by atoms with E-state index in [9.17, 15) is 14.4 Å². The van der Waals surface area contributed by atoms with Crippen molar-refractivity contribution in [2.45, 2.75) is 19.8 Å². The van der Waals surface area contributed by atoms with E-state index in [1.807, 2.05) is 59.5 Å². The summed E-state index contributed by atoms with van der Waals surface area (Å²) in [7, 11) is 0. The van der Waals surface area contributed by atoms with E-state index in [2.05, 4.69) is 17.1 Å². The van der Waals surface area contributed by atoms with E-state index < -0.39 is 0 Å².